The number of pyridine rings is 1. The van der Waals surface area contributed by atoms with Gasteiger partial charge in [0.2, 0.25) is 0 Å². The molecule has 0 aliphatic carbocycles. The van der Waals surface area contributed by atoms with Crippen LogP contribution in [0, 0.1) is 13.8 Å². The third-order valence-electron chi connectivity index (χ3n) is 3.82. The number of urea groups is 1. The highest BCUT2D eigenvalue weighted by molar-refractivity contribution is 6.07. The second-order valence-electron chi connectivity index (χ2n) is 5.84. The zero-order valence-corrected chi connectivity index (χ0v) is 14.0. The molecule has 6 heteroatoms. The lowest BCUT2D eigenvalue weighted by atomic mass is 10.1. The number of rotatable bonds is 3. The minimum Gasteiger partial charge on any atom is -0.351 e. The van der Waals surface area contributed by atoms with Crippen LogP contribution in [0.15, 0.2) is 48.5 Å². The van der Waals surface area contributed by atoms with E-state index in [0.717, 1.165) is 16.5 Å². The molecule has 0 bridgehead atoms. The molecule has 3 amide bonds. The van der Waals surface area contributed by atoms with Crippen molar-refractivity contribution in [2.45, 2.75) is 13.8 Å². The third-order valence-corrected chi connectivity index (χ3v) is 3.82. The summed E-state index contributed by atoms with van der Waals surface area (Å²) in [5, 5.41) is 6.23. The Morgan fingerprint density at radius 3 is 2.20 bits per heavy atom. The Bertz CT molecular complexity index is 965. The van der Waals surface area contributed by atoms with Gasteiger partial charge in [-0.1, -0.05) is 11.6 Å². The van der Waals surface area contributed by atoms with Crippen molar-refractivity contribution in [1.82, 2.24) is 4.98 Å². The van der Waals surface area contributed by atoms with Crippen molar-refractivity contribution in [2.75, 3.05) is 10.6 Å². The number of hydrogen-bond donors (Lipinski definition) is 3. The molecule has 0 saturated carbocycles. The molecule has 4 N–H and O–H groups in total. The fourth-order valence-corrected chi connectivity index (χ4v) is 2.60. The predicted molar refractivity (Wildman–Crippen MR) is 98.8 cm³/mol. The van der Waals surface area contributed by atoms with E-state index in [0.29, 0.717) is 22.6 Å². The van der Waals surface area contributed by atoms with Crippen LogP contribution in [0.1, 0.15) is 21.6 Å². The molecule has 1 aromatic heterocycles. The van der Waals surface area contributed by atoms with Crippen LogP contribution in [0.4, 0.5) is 16.2 Å². The van der Waals surface area contributed by atoms with Gasteiger partial charge in [-0.15, -0.1) is 0 Å². The largest absolute Gasteiger partial charge is 0.351 e. The fourth-order valence-electron chi connectivity index (χ4n) is 2.60. The summed E-state index contributed by atoms with van der Waals surface area (Å²) in [7, 11) is 0. The highest BCUT2D eigenvalue weighted by atomic mass is 16.2. The zero-order valence-electron chi connectivity index (χ0n) is 14.0. The number of carbonyl (C=O) groups excluding carboxylic acids is 2. The first-order chi connectivity index (χ1) is 11.9. The number of aromatic nitrogens is 1. The molecular weight excluding hydrogens is 316 g/mol. The summed E-state index contributed by atoms with van der Waals surface area (Å²) in [5.41, 5.74) is 9.41. The summed E-state index contributed by atoms with van der Waals surface area (Å²) in [6.07, 6.45) is 0. The van der Waals surface area contributed by atoms with Crippen LogP contribution in [0.25, 0.3) is 10.9 Å². The third kappa shape index (κ3) is 3.74. The molecule has 0 aliphatic rings. The van der Waals surface area contributed by atoms with Crippen LogP contribution in [0.2, 0.25) is 0 Å². The van der Waals surface area contributed by atoms with Crippen molar-refractivity contribution < 1.29 is 9.59 Å². The SMILES string of the molecule is Cc1ccc2nc(C)c(C(=O)Nc3ccc(NC(N)=O)cc3)cc2c1. The van der Waals surface area contributed by atoms with Crippen molar-refractivity contribution in [2.24, 2.45) is 5.73 Å². The van der Waals surface area contributed by atoms with E-state index in [2.05, 4.69) is 15.6 Å². The first-order valence-electron chi connectivity index (χ1n) is 7.78. The second kappa shape index (κ2) is 6.60. The number of nitrogens with two attached hydrogens (primary N) is 1. The minimum absolute atomic E-state index is 0.232. The van der Waals surface area contributed by atoms with Crippen LogP contribution in [0.5, 0.6) is 0 Å². The predicted octanol–water partition coefficient (Wildman–Crippen LogP) is 3.59. The maximum atomic E-state index is 12.6. The molecule has 0 atom stereocenters. The topological polar surface area (TPSA) is 97.1 Å². The molecule has 3 aromatic rings. The summed E-state index contributed by atoms with van der Waals surface area (Å²) < 4.78 is 0. The van der Waals surface area contributed by atoms with Gasteiger partial charge in [0.15, 0.2) is 0 Å². The minimum atomic E-state index is -0.634. The number of amides is 3. The summed E-state index contributed by atoms with van der Waals surface area (Å²) in [6, 6.07) is 13.9. The van der Waals surface area contributed by atoms with Crippen LogP contribution in [-0.4, -0.2) is 16.9 Å². The molecule has 0 radical (unpaired) electrons. The molecule has 25 heavy (non-hydrogen) atoms. The zero-order chi connectivity index (χ0) is 18.0. The van der Waals surface area contributed by atoms with Gasteiger partial charge < -0.3 is 16.4 Å². The average Bonchev–Trinajstić information content (AvgIpc) is 2.56. The van der Waals surface area contributed by atoms with E-state index in [1.165, 1.54) is 0 Å². The van der Waals surface area contributed by atoms with Crippen LogP contribution in [0.3, 0.4) is 0 Å². The van der Waals surface area contributed by atoms with Crippen molar-refractivity contribution in [3.05, 3.63) is 65.4 Å². The molecule has 1 heterocycles. The Hall–Kier alpha value is -3.41. The molecule has 0 aliphatic heterocycles. The van der Waals surface area contributed by atoms with Crippen LogP contribution >= 0.6 is 0 Å². The first kappa shape index (κ1) is 16.4. The van der Waals surface area contributed by atoms with E-state index in [9.17, 15) is 9.59 Å². The van der Waals surface area contributed by atoms with Crippen molar-refractivity contribution in [3.8, 4) is 0 Å². The normalized spacial score (nSPS) is 10.5. The number of aryl methyl sites for hydroxylation is 2. The summed E-state index contributed by atoms with van der Waals surface area (Å²) in [4.78, 5) is 27.9. The van der Waals surface area contributed by atoms with E-state index in [-0.39, 0.29) is 5.91 Å². The lowest BCUT2D eigenvalue weighted by molar-refractivity contribution is 0.102. The van der Waals surface area contributed by atoms with E-state index >= 15 is 0 Å². The van der Waals surface area contributed by atoms with Crippen molar-refractivity contribution in [1.29, 1.82) is 0 Å². The smallest absolute Gasteiger partial charge is 0.316 e. The van der Waals surface area contributed by atoms with E-state index in [1.807, 2.05) is 38.1 Å². The van der Waals surface area contributed by atoms with Crippen molar-refractivity contribution >= 4 is 34.2 Å². The lowest BCUT2D eigenvalue weighted by Gasteiger charge is -2.10. The Balaban J connectivity index is 1.84. The Morgan fingerprint density at radius 1 is 0.920 bits per heavy atom. The number of benzene rings is 2. The standard InChI is InChI=1S/C19H18N4O2/c1-11-3-8-17-13(9-11)10-16(12(2)21-17)18(24)22-14-4-6-15(7-5-14)23-19(20)25/h3-10H,1-2H3,(H,22,24)(H3,20,23,25). The number of nitrogens with zero attached hydrogens (tertiary/aromatic N) is 1. The van der Waals surface area contributed by atoms with Crippen molar-refractivity contribution in [3.63, 3.8) is 0 Å². The highest BCUT2D eigenvalue weighted by Gasteiger charge is 2.12. The van der Waals surface area contributed by atoms with E-state index < -0.39 is 6.03 Å². The summed E-state index contributed by atoms with van der Waals surface area (Å²) in [6.45, 7) is 3.81. The molecule has 6 nitrogen and oxygen atoms in total. The number of anilines is 2. The molecule has 0 unspecified atom stereocenters. The monoisotopic (exact) mass is 334 g/mol. The highest BCUT2D eigenvalue weighted by Crippen LogP contribution is 2.20. The second-order valence-corrected chi connectivity index (χ2v) is 5.84. The fraction of sp³-hybridized carbons (Fsp3) is 0.105. The van der Waals surface area contributed by atoms with Gasteiger partial charge in [-0.3, -0.25) is 9.78 Å². The molecular formula is C19H18N4O2. The van der Waals surface area contributed by atoms with Gasteiger partial charge in [0.25, 0.3) is 5.91 Å². The molecule has 0 fully saturated rings. The van der Waals surface area contributed by atoms with Crippen LogP contribution in [-0.2, 0) is 0 Å². The molecule has 0 spiro atoms. The quantitative estimate of drug-likeness (QED) is 0.682. The maximum absolute atomic E-state index is 12.6. The summed E-state index contributed by atoms with van der Waals surface area (Å²) >= 11 is 0. The first-order valence-corrected chi connectivity index (χ1v) is 7.78. The van der Waals surface area contributed by atoms with Gasteiger partial charge in [-0.2, -0.15) is 0 Å². The summed E-state index contributed by atoms with van der Waals surface area (Å²) in [5.74, 6) is -0.232. The van der Waals surface area contributed by atoms with Crippen LogP contribution < -0.4 is 16.4 Å². The number of primary amides is 1. The number of nitrogens with one attached hydrogen (secondary N) is 2. The van der Waals surface area contributed by atoms with Gasteiger partial charge in [-0.25, -0.2) is 4.79 Å². The Kier molecular flexibility index (Phi) is 4.35. The van der Waals surface area contributed by atoms with Gasteiger partial charge in [0, 0.05) is 16.8 Å². The lowest BCUT2D eigenvalue weighted by Crippen LogP contribution is -2.19. The van der Waals surface area contributed by atoms with Gasteiger partial charge >= 0.3 is 6.03 Å². The van der Waals surface area contributed by atoms with Gasteiger partial charge in [-0.05, 0) is 56.3 Å². The molecule has 0 saturated heterocycles. The van der Waals surface area contributed by atoms with E-state index in [4.69, 9.17) is 5.73 Å². The Morgan fingerprint density at radius 2 is 1.56 bits per heavy atom. The van der Waals surface area contributed by atoms with Gasteiger partial charge in [0.1, 0.15) is 0 Å². The number of hydrogen-bond acceptors (Lipinski definition) is 3. The van der Waals surface area contributed by atoms with E-state index in [1.54, 1.807) is 24.3 Å². The molecule has 126 valence electrons. The molecule has 3 rings (SSSR count). The average molecular weight is 334 g/mol. The Labute approximate surface area is 145 Å². The molecule has 2 aromatic carbocycles. The number of carbonyl (C=O) groups is 2. The maximum Gasteiger partial charge on any atom is 0.316 e. The van der Waals surface area contributed by atoms with Gasteiger partial charge in [0.05, 0.1) is 16.8 Å². The number of fused-ring (bicyclic) bond motifs is 1.